The van der Waals surface area contributed by atoms with Crippen molar-refractivity contribution >= 4 is 37.8 Å². The van der Waals surface area contributed by atoms with Gasteiger partial charge in [-0.2, -0.15) is 8.78 Å². The highest BCUT2D eigenvalue weighted by molar-refractivity contribution is 9.12. The van der Waals surface area contributed by atoms with Crippen molar-refractivity contribution in [3.63, 3.8) is 0 Å². The molecule has 1 fully saturated rings. The number of aliphatic carboxylic acids is 1. The number of rotatable bonds is 3. The van der Waals surface area contributed by atoms with Crippen LogP contribution < -0.4 is 0 Å². The highest BCUT2D eigenvalue weighted by atomic mass is 79.9. The number of carboxylic acids is 1. The minimum absolute atomic E-state index is 0.305. The lowest BCUT2D eigenvalue weighted by Gasteiger charge is -2.21. The van der Waals surface area contributed by atoms with Gasteiger partial charge in [0.05, 0.1) is 5.41 Å². The smallest absolute Gasteiger partial charge is 0.314 e. The van der Waals surface area contributed by atoms with Crippen LogP contribution in [0.3, 0.4) is 0 Å². The van der Waals surface area contributed by atoms with E-state index in [-0.39, 0.29) is 0 Å². The molecule has 6 heteroatoms. The van der Waals surface area contributed by atoms with Gasteiger partial charge in [0.1, 0.15) is 4.83 Å². The molecular weight excluding hydrogens is 302 g/mol. The standard InChI is InChI=1S/C6H6Br2F2O2/c7-3(6(8,9)10)5(1-2-5)4(11)12/h3H,1-2H2,(H,11,12). The van der Waals surface area contributed by atoms with Crippen LogP contribution in [0.5, 0.6) is 0 Å². The normalized spacial score (nSPS) is 23.3. The summed E-state index contributed by atoms with van der Waals surface area (Å²) in [5.74, 6) is -1.16. The van der Waals surface area contributed by atoms with Gasteiger partial charge < -0.3 is 5.11 Å². The number of carboxylic acid groups (broad SMARTS) is 1. The molecule has 0 aliphatic heterocycles. The van der Waals surface area contributed by atoms with E-state index in [0.29, 0.717) is 12.8 Å². The van der Waals surface area contributed by atoms with Crippen LogP contribution in [0.1, 0.15) is 12.8 Å². The topological polar surface area (TPSA) is 37.3 Å². The van der Waals surface area contributed by atoms with E-state index in [1.165, 1.54) is 0 Å². The second kappa shape index (κ2) is 2.90. The second-order valence-corrected chi connectivity index (χ2v) is 4.84. The van der Waals surface area contributed by atoms with Gasteiger partial charge >= 0.3 is 10.8 Å². The zero-order valence-corrected chi connectivity index (χ0v) is 9.03. The Bertz CT molecular complexity index is 210. The summed E-state index contributed by atoms with van der Waals surface area (Å²) in [4.78, 5) is 6.08. The molecule has 0 aromatic carbocycles. The lowest BCUT2D eigenvalue weighted by atomic mass is 10.0. The average molecular weight is 308 g/mol. The third-order valence-electron chi connectivity index (χ3n) is 1.99. The van der Waals surface area contributed by atoms with Gasteiger partial charge in [-0.25, -0.2) is 0 Å². The molecule has 0 aromatic rings. The summed E-state index contributed by atoms with van der Waals surface area (Å²) in [7, 11) is 0. The van der Waals surface area contributed by atoms with Gasteiger partial charge in [0.15, 0.2) is 0 Å². The molecule has 1 saturated carbocycles. The van der Waals surface area contributed by atoms with Crippen molar-refractivity contribution in [1.82, 2.24) is 0 Å². The molecule has 1 atom stereocenters. The summed E-state index contributed by atoms with van der Waals surface area (Å²) in [5, 5.41) is 8.65. The first kappa shape index (κ1) is 10.4. The van der Waals surface area contributed by atoms with Crippen LogP contribution in [0, 0.1) is 5.41 Å². The molecule has 0 bridgehead atoms. The van der Waals surface area contributed by atoms with E-state index in [0.717, 1.165) is 0 Å². The summed E-state index contributed by atoms with van der Waals surface area (Å²) in [6, 6.07) is 0. The first-order valence-corrected chi connectivity index (χ1v) is 4.96. The SMILES string of the molecule is O=C(O)C1(C(Br)C(F)(F)Br)CC1. The summed E-state index contributed by atoms with van der Waals surface area (Å²) >= 11 is 4.85. The van der Waals surface area contributed by atoms with Crippen molar-refractivity contribution in [2.24, 2.45) is 5.41 Å². The molecule has 1 N–H and O–H groups in total. The molecule has 1 aliphatic rings. The van der Waals surface area contributed by atoms with Gasteiger partial charge in [-0.1, -0.05) is 15.9 Å². The fraction of sp³-hybridized carbons (Fsp3) is 0.833. The van der Waals surface area contributed by atoms with E-state index in [4.69, 9.17) is 5.11 Å². The number of hydrogen-bond donors (Lipinski definition) is 1. The molecule has 0 spiro atoms. The molecule has 0 radical (unpaired) electrons. The Morgan fingerprint density at radius 3 is 2.08 bits per heavy atom. The molecule has 0 heterocycles. The van der Waals surface area contributed by atoms with E-state index in [1.807, 2.05) is 0 Å². The first-order chi connectivity index (χ1) is 5.31. The molecule has 70 valence electrons. The molecule has 1 aliphatic carbocycles. The quantitative estimate of drug-likeness (QED) is 0.814. The monoisotopic (exact) mass is 306 g/mol. The van der Waals surface area contributed by atoms with Gasteiger partial charge in [-0.3, -0.25) is 4.79 Å². The summed E-state index contributed by atoms with van der Waals surface area (Å²) in [6.07, 6.45) is 0.610. The van der Waals surface area contributed by atoms with E-state index in [1.54, 1.807) is 0 Å². The highest BCUT2D eigenvalue weighted by Crippen LogP contribution is 2.57. The molecule has 0 aromatic heterocycles. The molecule has 1 unspecified atom stereocenters. The van der Waals surface area contributed by atoms with Gasteiger partial charge in [0.25, 0.3) is 0 Å². The first-order valence-electron chi connectivity index (χ1n) is 3.25. The van der Waals surface area contributed by atoms with Crippen LogP contribution in [0.4, 0.5) is 8.78 Å². The third kappa shape index (κ3) is 1.64. The van der Waals surface area contributed by atoms with E-state index >= 15 is 0 Å². The Kier molecular flexibility index (Phi) is 2.51. The largest absolute Gasteiger partial charge is 0.481 e. The Hall–Kier alpha value is 0.290. The Morgan fingerprint density at radius 2 is 2.00 bits per heavy atom. The van der Waals surface area contributed by atoms with Crippen LogP contribution in [0.2, 0.25) is 0 Å². The van der Waals surface area contributed by atoms with Crippen LogP contribution in [-0.2, 0) is 4.79 Å². The second-order valence-electron chi connectivity index (χ2n) is 2.87. The zero-order valence-electron chi connectivity index (χ0n) is 5.86. The van der Waals surface area contributed by atoms with Gasteiger partial charge in [-0.15, -0.1) is 0 Å². The van der Waals surface area contributed by atoms with Gasteiger partial charge in [0, 0.05) is 0 Å². The fourth-order valence-electron chi connectivity index (χ4n) is 1.02. The van der Waals surface area contributed by atoms with Crippen LogP contribution in [0.25, 0.3) is 0 Å². The van der Waals surface area contributed by atoms with Crippen molar-refractivity contribution in [2.45, 2.75) is 22.5 Å². The zero-order chi connectivity index (χ0) is 9.57. The Balaban J connectivity index is 2.77. The van der Waals surface area contributed by atoms with E-state index < -0.39 is 21.0 Å². The van der Waals surface area contributed by atoms with Crippen molar-refractivity contribution in [3.05, 3.63) is 0 Å². The summed E-state index contributed by atoms with van der Waals surface area (Å²) in [5.41, 5.74) is -1.27. The van der Waals surface area contributed by atoms with Gasteiger partial charge in [0.2, 0.25) is 0 Å². The maximum absolute atomic E-state index is 12.6. The number of alkyl halides is 4. The van der Waals surface area contributed by atoms with E-state index in [9.17, 15) is 13.6 Å². The number of hydrogen-bond acceptors (Lipinski definition) is 1. The van der Waals surface area contributed by atoms with E-state index in [2.05, 4.69) is 31.9 Å². The highest BCUT2D eigenvalue weighted by Gasteiger charge is 2.62. The molecule has 0 saturated heterocycles. The fourth-order valence-corrected chi connectivity index (χ4v) is 2.12. The molecular formula is C6H6Br2F2O2. The molecule has 12 heavy (non-hydrogen) atoms. The maximum atomic E-state index is 12.6. The Labute approximate surface area is 84.6 Å². The summed E-state index contributed by atoms with van der Waals surface area (Å²) in [6.45, 7) is 0. The third-order valence-corrected chi connectivity index (χ3v) is 4.51. The van der Waals surface area contributed by atoms with Crippen molar-refractivity contribution < 1.29 is 18.7 Å². The molecule has 2 nitrogen and oxygen atoms in total. The number of halogens is 4. The number of carbonyl (C=O) groups is 1. The van der Waals surface area contributed by atoms with Crippen molar-refractivity contribution in [1.29, 1.82) is 0 Å². The van der Waals surface area contributed by atoms with Crippen molar-refractivity contribution in [3.8, 4) is 0 Å². The van der Waals surface area contributed by atoms with Crippen molar-refractivity contribution in [2.75, 3.05) is 0 Å². The minimum Gasteiger partial charge on any atom is -0.481 e. The van der Waals surface area contributed by atoms with Crippen LogP contribution >= 0.6 is 31.9 Å². The molecule has 1 rings (SSSR count). The summed E-state index contributed by atoms with van der Waals surface area (Å²) < 4.78 is 25.2. The molecule has 0 amide bonds. The average Bonchev–Trinajstić information content (AvgIpc) is 2.62. The predicted molar refractivity (Wildman–Crippen MR) is 45.9 cm³/mol. The van der Waals surface area contributed by atoms with Crippen LogP contribution in [-0.4, -0.2) is 20.7 Å². The lowest BCUT2D eigenvalue weighted by Crippen LogP contribution is -2.36. The van der Waals surface area contributed by atoms with Gasteiger partial charge in [-0.05, 0) is 28.8 Å². The lowest BCUT2D eigenvalue weighted by molar-refractivity contribution is -0.144. The van der Waals surface area contributed by atoms with Crippen LogP contribution in [0.15, 0.2) is 0 Å². The maximum Gasteiger partial charge on any atom is 0.314 e. The Morgan fingerprint density at radius 1 is 1.58 bits per heavy atom. The minimum atomic E-state index is -3.16. The predicted octanol–water partition coefficient (Wildman–Crippen LogP) is 2.60.